The number of H-pyrrole nitrogens is 1. The summed E-state index contributed by atoms with van der Waals surface area (Å²) < 4.78 is 2.00. The van der Waals surface area contributed by atoms with E-state index in [0.29, 0.717) is 4.77 Å². The summed E-state index contributed by atoms with van der Waals surface area (Å²) in [6.07, 6.45) is 3.28. The summed E-state index contributed by atoms with van der Waals surface area (Å²) in [5.74, 6) is 0. The lowest BCUT2D eigenvalue weighted by Crippen LogP contribution is -1.86. The van der Waals surface area contributed by atoms with E-state index in [1.807, 2.05) is 17.5 Å². The van der Waals surface area contributed by atoms with Crippen LogP contribution in [0.3, 0.4) is 0 Å². The van der Waals surface area contributed by atoms with Gasteiger partial charge in [-0.25, -0.2) is 0 Å². The van der Waals surface area contributed by atoms with E-state index in [0.717, 1.165) is 4.88 Å². The molecule has 0 aliphatic rings. The van der Waals surface area contributed by atoms with Crippen molar-refractivity contribution in [2.24, 2.45) is 5.10 Å². The van der Waals surface area contributed by atoms with Crippen LogP contribution < -0.4 is 0 Å². The second-order valence-corrected chi connectivity index (χ2v) is 3.63. The highest BCUT2D eigenvalue weighted by Crippen LogP contribution is 2.04. The monoisotopic (exact) mass is 210 g/mol. The molecular formula is C7H6N4S2. The van der Waals surface area contributed by atoms with Gasteiger partial charge in [-0.3, -0.25) is 5.10 Å². The van der Waals surface area contributed by atoms with Gasteiger partial charge in [0.1, 0.15) is 6.33 Å². The summed E-state index contributed by atoms with van der Waals surface area (Å²) in [6.45, 7) is 0. The lowest BCUT2D eigenvalue weighted by atomic mass is 10.5. The molecular weight excluding hydrogens is 204 g/mol. The first-order valence-corrected chi connectivity index (χ1v) is 4.85. The fourth-order valence-corrected chi connectivity index (χ4v) is 1.53. The molecule has 6 heteroatoms. The number of nitrogens with zero attached hydrogens (tertiary/aromatic N) is 3. The van der Waals surface area contributed by atoms with Crippen LogP contribution in [0, 0.1) is 4.77 Å². The third kappa shape index (κ3) is 1.90. The van der Waals surface area contributed by atoms with Crippen LogP contribution >= 0.6 is 23.6 Å². The Hall–Kier alpha value is -1.27. The second kappa shape index (κ2) is 3.63. The van der Waals surface area contributed by atoms with Gasteiger partial charge in [0.2, 0.25) is 4.77 Å². The van der Waals surface area contributed by atoms with Crippen molar-refractivity contribution in [3.05, 3.63) is 33.5 Å². The number of hydrogen-bond donors (Lipinski definition) is 1. The third-order valence-corrected chi connectivity index (χ3v) is 2.47. The highest BCUT2D eigenvalue weighted by molar-refractivity contribution is 7.71. The standard InChI is InChI=1S/C7H6N4S2/c12-7-10-8-5-11(7)9-4-6-2-1-3-13-6/h1-5H,(H,10,12)/b9-4+. The van der Waals surface area contributed by atoms with Crippen molar-refractivity contribution in [3.63, 3.8) is 0 Å². The zero-order chi connectivity index (χ0) is 9.10. The van der Waals surface area contributed by atoms with Crippen molar-refractivity contribution >= 4 is 29.8 Å². The second-order valence-electron chi connectivity index (χ2n) is 2.27. The molecule has 0 fully saturated rings. The van der Waals surface area contributed by atoms with Crippen LogP contribution in [0.2, 0.25) is 0 Å². The summed E-state index contributed by atoms with van der Waals surface area (Å²) in [4.78, 5) is 1.09. The first kappa shape index (κ1) is 8.33. The highest BCUT2D eigenvalue weighted by atomic mass is 32.1. The van der Waals surface area contributed by atoms with E-state index in [1.165, 1.54) is 11.0 Å². The molecule has 13 heavy (non-hydrogen) atoms. The van der Waals surface area contributed by atoms with Crippen molar-refractivity contribution in [2.75, 3.05) is 0 Å². The van der Waals surface area contributed by atoms with Crippen LogP contribution in [0.4, 0.5) is 0 Å². The Bertz CT molecular complexity index is 451. The Morgan fingerprint density at radius 1 is 1.69 bits per heavy atom. The fourth-order valence-electron chi connectivity index (χ4n) is 0.809. The van der Waals surface area contributed by atoms with Gasteiger partial charge in [0.25, 0.3) is 0 Å². The van der Waals surface area contributed by atoms with E-state index in [4.69, 9.17) is 12.2 Å². The van der Waals surface area contributed by atoms with Crippen LogP contribution in [-0.4, -0.2) is 21.1 Å². The minimum atomic E-state index is 0.493. The van der Waals surface area contributed by atoms with Crippen molar-refractivity contribution in [2.45, 2.75) is 0 Å². The van der Waals surface area contributed by atoms with Gasteiger partial charge in [-0.2, -0.15) is 14.9 Å². The molecule has 0 saturated carbocycles. The summed E-state index contributed by atoms with van der Waals surface area (Å²) in [6, 6.07) is 3.96. The van der Waals surface area contributed by atoms with E-state index < -0.39 is 0 Å². The predicted octanol–water partition coefficient (Wildman–Crippen LogP) is 1.88. The lowest BCUT2D eigenvalue weighted by Gasteiger charge is -1.86. The lowest BCUT2D eigenvalue weighted by molar-refractivity contribution is 0.863. The zero-order valence-corrected chi connectivity index (χ0v) is 8.18. The molecule has 0 aliphatic carbocycles. The summed E-state index contributed by atoms with van der Waals surface area (Å²) >= 11 is 6.54. The Kier molecular flexibility index (Phi) is 2.33. The Morgan fingerprint density at radius 2 is 2.62 bits per heavy atom. The quantitative estimate of drug-likeness (QED) is 0.607. The summed E-state index contributed by atoms with van der Waals surface area (Å²) in [5, 5.41) is 12.5. The molecule has 0 radical (unpaired) electrons. The first-order valence-electron chi connectivity index (χ1n) is 3.56. The molecule has 2 heterocycles. The molecule has 0 amide bonds. The van der Waals surface area contributed by atoms with Gasteiger partial charge in [0.05, 0.1) is 6.21 Å². The Morgan fingerprint density at radius 3 is 3.23 bits per heavy atom. The maximum Gasteiger partial charge on any atom is 0.216 e. The largest absolute Gasteiger partial charge is 0.250 e. The predicted molar refractivity (Wildman–Crippen MR) is 54.7 cm³/mol. The third-order valence-electron chi connectivity index (χ3n) is 1.39. The van der Waals surface area contributed by atoms with Gasteiger partial charge in [0, 0.05) is 4.88 Å². The van der Waals surface area contributed by atoms with E-state index in [1.54, 1.807) is 17.6 Å². The van der Waals surface area contributed by atoms with Crippen LogP contribution in [0.15, 0.2) is 28.9 Å². The van der Waals surface area contributed by atoms with Crippen molar-refractivity contribution in [1.82, 2.24) is 14.9 Å². The van der Waals surface area contributed by atoms with Gasteiger partial charge in [-0.05, 0) is 23.7 Å². The fraction of sp³-hybridized carbons (Fsp3) is 0. The molecule has 66 valence electrons. The molecule has 0 spiro atoms. The number of rotatable bonds is 2. The van der Waals surface area contributed by atoms with E-state index in [9.17, 15) is 0 Å². The van der Waals surface area contributed by atoms with Crippen molar-refractivity contribution in [3.8, 4) is 0 Å². The molecule has 2 aromatic rings. The van der Waals surface area contributed by atoms with Gasteiger partial charge >= 0.3 is 0 Å². The molecule has 2 rings (SSSR count). The molecule has 0 atom stereocenters. The van der Waals surface area contributed by atoms with Crippen molar-refractivity contribution < 1.29 is 0 Å². The highest BCUT2D eigenvalue weighted by Gasteiger charge is 1.89. The van der Waals surface area contributed by atoms with E-state index in [2.05, 4.69) is 15.3 Å². The number of hydrogen-bond acceptors (Lipinski definition) is 4. The number of thiophene rings is 1. The molecule has 0 unspecified atom stereocenters. The van der Waals surface area contributed by atoms with Crippen LogP contribution in [-0.2, 0) is 0 Å². The molecule has 0 bridgehead atoms. The SMILES string of the molecule is S=c1[nH]ncn1/N=C/c1cccs1. The molecule has 4 nitrogen and oxygen atoms in total. The number of aromatic amines is 1. The minimum absolute atomic E-state index is 0.493. The number of nitrogens with one attached hydrogen (secondary N) is 1. The maximum atomic E-state index is 4.91. The van der Waals surface area contributed by atoms with Gasteiger partial charge in [0.15, 0.2) is 0 Å². The normalized spacial score (nSPS) is 11.1. The molecule has 0 aromatic carbocycles. The smallest absolute Gasteiger partial charge is 0.216 e. The van der Waals surface area contributed by atoms with E-state index in [-0.39, 0.29) is 0 Å². The Labute approximate surface area is 83.5 Å². The van der Waals surface area contributed by atoms with Gasteiger partial charge in [-0.15, -0.1) is 11.3 Å². The zero-order valence-electron chi connectivity index (χ0n) is 6.54. The maximum absolute atomic E-state index is 4.91. The molecule has 0 saturated heterocycles. The van der Waals surface area contributed by atoms with Gasteiger partial charge in [-0.1, -0.05) is 6.07 Å². The molecule has 2 aromatic heterocycles. The molecule has 0 aliphatic heterocycles. The van der Waals surface area contributed by atoms with Crippen molar-refractivity contribution in [1.29, 1.82) is 0 Å². The van der Waals surface area contributed by atoms with Crippen LogP contribution in [0.25, 0.3) is 0 Å². The average Bonchev–Trinajstić information content (AvgIpc) is 2.72. The molecule has 1 N–H and O–H groups in total. The van der Waals surface area contributed by atoms with Crippen LogP contribution in [0.5, 0.6) is 0 Å². The van der Waals surface area contributed by atoms with Crippen LogP contribution in [0.1, 0.15) is 4.88 Å². The van der Waals surface area contributed by atoms with E-state index >= 15 is 0 Å². The first-order chi connectivity index (χ1) is 6.36. The Balaban J connectivity index is 2.24. The number of aromatic nitrogens is 3. The summed E-state index contributed by atoms with van der Waals surface area (Å²) in [5.41, 5.74) is 0. The minimum Gasteiger partial charge on any atom is -0.250 e. The van der Waals surface area contributed by atoms with Gasteiger partial charge < -0.3 is 0 Å². The summed E-state index contributed by atoms with van der Waals surface area (Å²) in [7, 11) is 0. The average molecular weight is 210 g/mol. The topological polar surface area (TPSA) is 46.0 Å².